The maximum Gasteiger partial charge on any atom is 0.250 e. The van der Waals surface area contributed by atoms with Crippen molar-refractivity contribution in [2.24, 2.45) is 0 Å². The highest BCUT2D eigenvalue weighted by Crippen LogP contribution is 2.08. The van der Waals surface area contributed by atoms with Crippen molar-refractivity contribution in [2.75, 3.05) is 11.9 Å². The van der Waals surface area contributed by atoms with Crippen LogP contribution in [0.25, 0.3) is 0 Å². The second-order valence-corrected chi connectivity index (χ2v) is 4.03. The molecule has 0 radical (unpaired) electrons. The molecule has 0 fully saturated rings. The van der Waals surface area contributed by atoms with E-state index in [0.29, 0.717) is 12.3 Å². The molecule has 0 spiro atoms. The predicted molar refractivity (Wildman–Crippen MR) is 71.1 cm³/mol. The van der Waals surface area contributed by atoms with Gasteiger partial charge in [-0.1, -0.05) is 30.3 Å². The van der Waals surface area contributed by atoms with Crippen LogP contribution in [0.5, 0.6) is 0 Å². The van der Waals surface area contributed by atoms with Crippen molar-refractivity contribution in [1.82, 2.24) is 0 Å². The summed E-state index contributed by atoms with van der Waals surface area (Å²) in [6.07, 6.45) is 0. The molecule has 2 aromatic carbocycles. The third-order valence-corrected chi connectivity index (χ3v) is 2.47. The molecule has 0 aromatic heterocycles. The van der Waals surface area contributed by atoms with Gasteiger partial charge in [-0.25, -0.2) is 4.39 Å². The van der Waals surface area contributed by atoms with E-state index in [1.54, 1.807) is 0 Å². The molecule has 0 saturated carbocycles. The van der Waals surface area contributed by atoms with E-state index >= 15 is 0 Å². The van der Waals surface area contributed by atoms with E-state index in [2.05, 4.69) is 5.32 Å². The summed E-state index contributed by atoms with van der Waals surface area (Å²) in [6, 6.07) is 15.2. The van der Waals surface area contributed by atoms with Crippen molar-refractivity contribution in [1.29, 1.82) is 0 Å². The Labute approximate surface area is 111 Å². The highest BCUT2D eigenvalue weighted by molar-refractivity contribution is 5.91. The highest BCUT2D eigenvalue weighted by Gasteiger charge is 2.02. The normalized spacial score (nSPS) is 10.2. The SMILES string of the molecule is O=C(COCc1ccccc1)Nc1ccc(F)cc1. The molecule has 0 bridgehead atoms. The van der Waals surface area contributed by atoms with Crippen molar-refractivity contribution >= 4 is 11.6 Å². The number of hydrogen-bond donors (Lipinski definition) is 1. The van der Waals surface area contributed by atoms with E-state index in [-0.39, 0.29) is 18.3 Å². The van der Waals surface area contributed by atoms with Gasteiger partial charge >= 0.3 is 0 Å². The number of nitrogens with one attached hydrogen (secondary N) is 1. The van der Waals surface area contributed by atoms with E-state index in [9.17, 15) is 9.18 Å². The first kappa shape index (κ1) is 13.2. The molecule has 98 valence electrons. The molecule has 0 atom stereocenters. The van der Waals surface area contributed by atoms with Gasteiger partial charge in [-0.2, -0.15) is 0 Å². The van der Waals surface area contributed by atoms with Gasteiger partial charge < -0.3 is 10.1 Å². The first-order valence-electron chi connectivity index (χ1n) is 5.91. The molecule has 0 heterocycles. The van der Waals surface area contributed by atoms with Gasteiger partial charge in [0.1, 0.15) is 12.4 Å². The zero-order chi connectivity index (χ0) is 13.5. The number of carbonyl (C=O) groups is 1. The van der Waals surface area contributed by atoms with Gasteiger partial charge in [-0.05, 0) is 29.8 Å². The molecule has 0 aliphatic heterocycles. The van der Waals surface area contributed by atoms with Crippen LogP contribution in [0.2, 0.25) is 0 Å². The summed E-state index contributed by atoms with van der Waals surface area (Å²) >= 11 is 0. The highest BCUT2D eigenvalue weighted by atomic mass is 19.1. The van der Waals surface area contributed by atoms with Crippen LogP contribution >= 0.6 is 0 Å². The average molecular weight is 259 g/mol. The molecular formula is C15H14FNO2. The second-order valence-electron chi connectivity index (χ2n) is 4.03. The number of anilines is 1. The van der Waals surface area contributed by atoms with Crippen molar-refractivity contribution in [3.8, 4) is 0 Å². The van der Waals surface area contributed by atoms with Crippen LogP contribution < -0.4 is 5.32 Å². The van der Waals surface area contributed by atoms with Gasteiger partial charge in [-0.3, -0.25) is 4.79 Å². The molecule has 4 heteroatoms. The Balaban J connectivity index is 1.74. The van der Waals surface area contributed by atoms with Crippen molar-refractivity contribution < 1.29 is 13.9 Å². The fraction of sp³-hybridized carbons (Fsp3) is 0.133. The zero-order valence-electron chi connectivity index (χ0n) is 10.3. The smallest absolute Gasteiger partial charge is 0.250 e. The van der Waals surface area contributed by atoms with Crippen LogP contribution in [0, 0.1) is 5.82 Å². The third-order valence-electron chi connectivity index (χ3n) is 2.47. The molecule has 3 nitrogen and oxygen atoms in total. The number of benzene rings is 2. The number of carbonyl (C=O) groups excluding carboxylic acids is 1. The van der Waals surface area contributed by atoms with Gasteiger partial charge in [0.25, 0.3) is 0 Å². The lowest BCUT2D eigenvalue weighted by Crippen LogP contribution is -2.18. The monoisotopic (exact) mass is 259 g/mol. The second kappa shape index (κ2) is 6.66. The van der Waals surface area contributed by atoms with Crippen LogP contribution in [0.4, 0.5) is 10.1 Å². The average Bonchev–Trinajstić information content (AvgIpc) is 2.43. The largest absolute Gasteiger partial charge is 0.367 e. The van der Waals surface area contributed by atoms with Crippen LogP contribution in [-0.4, -0.2) is 12.5 Å². The lowest BCUT2D eigenvalue weighted by molar-refractivity contribution is -0.121. The van der Waals surface area contributed by atoms with Gasteiger partial charge in [0.05, 0.1) is 6.61 Å². The quantitative estimate of drug-likeness (QED) is 0.896. The molecule has 0 unspecified atom stereocenters. The van der Waals surface area contributed by atoms with E-state index in [0.717, 1.165) is 5.56 Å². The summed E-state index contributed by atoms with van der Waals surface area (Å²) in [6.45, 7) is 0.351. The summed E-state index contributed by atoms with van der Waals surface area (Å²) < 4.78 is 18.0. The van der Waals surface area contributed by atoms with E-state index < -0.39 is 0 Å². The first-order valence-corrected chi connectivity index (χ1v) is 5.91. The number of hydrogen-bond acceptors (Lipinski definition) is 2. The van der Waals surface area contributed by atoms with Gasteiger partial charge in [0.15, 0.2) is 0 Å². The fourth-order valence-electron chi connectivity index (χ4n) is 1.57. The first-order chi connectivity index (χ1) is 9.24. The van der Waals surface area contributed by atoms with Crippen molar-refractivity contribution in [3.63, 3.8) is 0 Å². The molecule has 0 aliphatic rings. The Hall–Kier alpha value is -2.20. The molecule has 0 aliphatic carbocycles. The Morgan fingerprint density at radius 2 is 1.74 bits per heavy atom. The van der Waals surface area contributed by atoms with Crippen molar-refractivity contribution in [3.05, 3.63) is 66.0 Å². The van der Waals surface area contributed by atoms with E-state index in [1.165, 1.54) is 24.3 Å². The summed E-state index contributed by atoms with van der Waals surface area (Å²) in [5.74, 6) is -0.596. The molecule has 2 aromatic rings. The Bertz CT molecular complexity index is 526. The molecule has 19 heavy (non-hydrogen) atoms. The van der Waals surface area contributed by atoms with Crippen LogP contribution in [0.1, 0.15) is 5.56 Å². The molecule has 2 rings (SSSR count). The predicted octanol–water partition coefficient (Wildman–Crippen LogP) is 2.98. The minimum absolute atomic E-state index is 0.0354. The summed E-state index contributed by atoms with van der Waals surface area (Å²) in [5, 5.41) is 2.62. The minimum atomic E-state index is -0.335. The molecule has 0 saturated heterocycles. The standard InChI is InChI=1S/C15H14FNO2/c16-13-6-8-14(9-7-13)17-15(18)11-19-10-12-4-2-1-3-5-12/h1-9H,10-11H2,(H,17,18). The fourth-order valence-corrected chi connectivity index (χ4v) is 1.57. The van der Waals surface area contributed by atoms with Crippen LogP contribution in [-0.2, 0) is 16.1 Å². The van der Waals surface area contributed by atoms with Crippen LogP contribution in [0.15, 0.2) is 54.6 Å². The Kier molecular flexibility index (Phi) is 4.64. The van der Waals surface area contributed by atoms with Gasteiger partial charge in [-0.15, -0.1) is 0 Å². The third kappa shape index (κ3) is 4.52. The minimum Gasteiger partial charge on any atom is -0.367 e. The maximum absolute atomic E-state index is 12.7. The van der Waals surface area contributed by atoms with E-state index in [4.69, 9.17) is 4.74 Å². The van der Waals surface area contributed by atoms with Crippen LogP contribution in [0.3, 0.4) is 0 Å². The van der Waals surface area contributed by atoms with E-state index in [1.807, 2.05) is 30.3 Å². The zero-order valence-corrected chi connectivity index (χ0v) is 10.3. The van der Waals surface area contributed by atoms with Gasteiger partial charge in [0.2, 0.25) is 5.91 Å². The lowest BCUT2D eigenvalue weighted by atomic mass is 10.2. The van der Waals surface area contributed by atoms with Gasteiger partial charge in [0, 0.05) is 5.69 Å². The number of ether oxygens (including phenoxy) is 1. The van der Waals surface area contributed by atoms with Crippen molar-refractivity contribution in [2.45, 2.75) is 6.61 Å². The summed E-state index contributed by atoms with van der Waals surface area (Å²) in [5.41, 5.74) is 1.56. The number of rotatable bonds is 5. The molecular weight excluding hydrogens is 245 g/mol. The number of halogens is 1. The lowest BCUT2D eigenvalue weighted by Gasteiger charge is -2.06. The molecule has 1 N–H and O–H groups in total. The topological polar surface area (TPSA) is 38.3 Å². The molecule has 1 amide bonds. The summed E-state index contributed by atoms with van der Waals surface area (Å²) in [7, 11) is 0. The Morgan fingerprint density at radius 3 is 2.42 bits per heavy atom. The summed E-state index contributed by atoms with van der Waals surface area (Å²) in [4.78, 5) is 11.6. The maximum atomic E-state index is 12.7. The number of amides is 1. The Morgan fingerprint density at radius 1 is 1.05 bits per heavy atom.